The Hall–Kier alpha value is -3.05. The van der Waals surface area contributed by atoms with E-state index in [0.29, 0.717) is 32.0 Å². The van der Waals surface area contributed by atoms with Crippen LogP contribution >= 0.6 is 0 Å². The van der Waals surface area contributed by atoms with Gasteiger partial charge in [-0.25, -0.2) is 0 Å². The molecule has 0 unspecified atom stereocenters. The van der Waals surface area contributed by atoms with E-state index < -0.39 is 0 Å². The first-order chi connectivity index (χ1) is 15.8. The summed E-state index contributed by atoms with van der Waals surface area (Å²) >= 11 is 0. The molecule has 1 aromatic heterocycles. The first kappa shape index (κ1) is 21.8. The summed E-state index contributed by atoms with van der Waals surface area (Å²) in [6.07, 6.45) is 1.75. The Labute approximate surface area is 195 Å². The van der Waals surface area contributed by atoms with Crippen molar-refractivity contribution in [3.8, 4) is 17.1 Å². The van der Waals surface area contributed by atoms with E-state index in [1.165, 1.54) is 11.1 Å². The second-order valence-corrected chi connectivity index (χ2v) is 10.4. The molecule has 1 fully saturated rings. The highest BCUT2D eigenvalue weighted by Gasteiger charge is 2.44. The van der Waals surface area contributed by atoms with E-state index in [-0.39, 0.29) is 16.7 Å². The van der Waals surface area contributed by atoms with Gasteiger partial charge in [0.05, 0.1) is 6.61 Å². The van der Waals surface area contributed by atoms with Crippen molar-refractivity contribution in [3.63, 3.8) is 0 Å². The molecule has 0 radical (unpaired) electrons. The van der Waals surface area contributed by atoms with Crippen molar-refractivity contribution < 1.29 is 13.9 Å². The van der Waals surface area contributed by atoms with Gasteiger partial charge in [-0.05, 0) is 47.6 Å². The summed E-state index contributed by atoms with van der Waals surface area (Å²) in [4.78, 5) is 15.1. The summed E-state index contributed by atoms with van der Waals surface area (Å²) in [5.74, 6) is 2.03. The summed E-state index contributed by atoms with van der Waals surface area (Å²) in [6.45, 7) is 9.16. The number of carbonyl (C=O) groups is 1. The predicted molar refractivity (Wildman–Crippen MR) is 129 cm³/mol. The molecule has 5 heteroatoms. The number of rotatable bonds is 3. The minimum absolute atomic E-state index is 0.0274. The highest BCUT2D eigenvalue weighted by atomic mass is 16.5. The van der Waals surface area contributed by atoms with Gasteiger partial charge in [0.25, 0.3) is 5.91 Å². The van der Waals surface area contributed by atoms with Gasteiger partial charge in [-0.15, -0.1) is 0 Å². The number of hydrogen-bond acceptors (Lipinski definition) is 4. The van der Waals surface area contributed by atoms with Gasteiger partial charge in [-0.1, -0.05) is 57.2 Å². The standard InChI is InChI=1S/C28H32N2O3/c1-27(2,3)21-7-5-20(6-8-21)23-10-11-25(33-23)26(31)30-14-12-28(13-15-30)18-32-24-9-4-19(17-29)16-22(24)28/h4-11,16H,12-15,17-18,29H2,1-3H3. The normalized spacial score (nSPS) is 17.2. The minimum Gasteiger partial charge on any atom is -0.492 e. The summed E-state index contributed by atoms with van der Waals surface area (Å²) in [5.41, 5.74) is 10.5. The molecule has 0 bridgehead atoms. The second kappa shape index (κ2) is 8.07. The molecule has 3 heterocycles. The number of ether oxygens (including phenoxy) is 1. The average Bonchev–Trinajstić information content (AvgIpc) is 3.45. The molecule has 1 spiro atoms. The van der Waals surface area contributed by atoms with Crippen LogP contribution in [0.15, 0.2) is 59.0 Å². The van der Waals surface area contributed by atoms with Crippen molar-refractivity contribution >= 4 is 5.91 Å². The third-order valence-electron chi connectivity index (χ3n) is 7.21. The SMILES string of the molecule is CC(C)(C)c1ccc(-c2ccc(C(=O)N3CCC4(CC3)COc3ccc(CN)cc34)o2)cc1. The lowest BCUT2D eigenvalue weighted by Crippen LogP contribution is -2.46. The molecule has 2 aliphatic rings. The zero-order chi connectivity index (χ0) is 23.2. The molecule has 172 valence electrons. The van der Waals surface area contributed by atoms with E-state index >= 15 is 0 Å². The van der Waals surface area contributed by atoms with Crippen molar-refractivity contribution in [3.05, 3.63) is 77.0 Å². The zero-order valence-electron chi connectivity index (χ0n) is 19.7. The van der Waals surface area contributed by atoms with Gasteiger partial charge >= 0.3 is 0 Å². The largest absolute Gasteiger partial charge is 0.492 e. The number of hydrogen-bond donors (Lipinski definition) is 1. The lowest BCUT2D eigenvalue weighted by atomic mass is 9.74. The molecule has 3 aromatic rings. The number of amides is 1. The number of nitrogens with zero attached hydrogens (tertiary/aromatic N) is 1. The molecule has 0 saturated carbocycles. The van der Waals surface area contributed by atoms with Gasteiger partial charge in [0.15, 0.2) is 5.76 Å². The molecule has 5 nitrogen and oxygen atoms in total. The molecule has 0 atom stereocenters. The average molecular weight is 445 g/mol. The Morgan fingerprint density at radius 2 is 1.76 bits per heavy atom. The second-order valence-electron chi connectivity index (χ2n) is 10.4. The van der Waals surface area contributed by atoms with Crippen LogP contribution in [0.1, 0.15) is 60.9 Å². The van der Waals surface area contributed by atoms with Crippen molar-refractivity contribution in [2.24, 2.45) is 5.73 Å². The van der Waals surface area contributed by atoms with Gasteiger partial charge in [0, 0.05) is 36.2 Å². The molecule has 1 amide bonds. The summed E-state index contributed by atoms with van der Waals surface area (Å²) < 4.78 is 12.0. The predicted octanol–water partition coefficient (Wildman–Crippen LogP) is 5.27. The van der Waals surface area contributed by atoms with E-state index in [9.17, 15) is 4.79 Å². The number of likely N-dealkylation sites (tertiary alicyclic amines) is 1. The molecule has 0 aliphatic carbocycles. The minimum atomic E-state index is -0.0442. The lowest BCUT2D eigenvalue weighted by Gasteiger charge is -2.38. The van der Waals surface area contributed by atoms with Crippen LogP contribution < -0.4 is 10.5 Å². The Morgan fingerprint density at radius 1 is 1.03 bits per heavy atom. The zero-order valence-corrected chi connectivity index (χ0v) is 19.7. The third kappa shape index (κ3) is 3.95. The van der Waals surface area contributed by atoms with Crippen molar-refractivity contribution in [1.29, 1.82) is 0 Å². The number of carbonyl (C=O) groups excluding carboxylic acids is 1. The Kier molecular flexibility index (Phi) is 5.32. The molecular formula is C28H32N2O3. The molecule has 5 rings (SSSR count). The monoisotopic (exact) mass is 444 g/mol. The van der Waals surface area contributed by atoms with Crippen molar-refractivity contribution in [2.45, 2.75) is 51.0 Å². The smallest absolute Gasteiger partial charge is 0.289 e. The van der Waals surface area contributed by atoms with Gasteiger partial charge < -0.3 is 19.8 Å². The third-order valence-corrected chi connectivity index (χ3v) is 7.21. The number of benzene rings is 2. The van der Waals surface area contributed by atoms with Crippen LogP contribution in [0, 0.1) is 0 Å². The van der Waals surface area contributed by atoms with Crippen molar-refractivity contribution in [2.75, 3.05) is 19.7 Å². The topological polar surface area (TPSA) is 68.7 Å². The fourth-order valence-corrected chi connectivity index (χ4v) is 4.99. The van der Waals surface area contributed by atoms with E-state index in [1.54, 1.807) is 6.07 Å². The number of fused-ring (bicyclic) bond motifs is 2. The molecule has 1 saturated heterocycles. The van der Waals surface area contributed by atoms with Gasteiger partial charge in [-0.2, -0.15) is 0 Å². The number of nitrogens with two attached hydrogens (primary N) is 1. The summed E-state index contributed by atoms with van der Waals surface area (Å²) in [7, 11) is 0. The van der Waals surface area contributed by atoms with Gasteiger partial charge in [-0.3, -0.25) is 4.79 Å². The molecule has 2 aliphatic heterocycles. The van der Waals surface area contributed by atoms with Gasteiger partial charge in [0.1, 0.15) is 11.5 Å². The van der Waals surface area contributed by atoms with Crippen LogP contribution in [0.3, 0.4) is 0 Å². The van der Waals surface area contributed by atoms with E-state index in [1.807, 2.05) is 23.1 Å². The van der Waals surface area contributed by atoms with Crippen LogP contribution in [0.4, 0.5) is 0 Å². The van der Waals surface area contributed by atoms with E-state index in [0.717, 1.165) is 35.5 Å². The number of furan rings is 1. The maximum absolute atomic E-state index is 13.2. The quantitative estimate of drug-likeness (QED) is 0.598. The highest BCUT2D eigenvalue weighted by Crippen LogP contribution is 2.46. The van der Waals surface area contributed by atoms with Crippen LogP contribution in [-0.4, -0.2) is 30.5 Å². The van der Waals surface area contributed by atoms with Crippen LogP contribution in [0.2, 0.25) is 0 Å². The summed E-state index contributed by atoms with van der Waals surface area (Å²) in [5, 5.41) is 0. The first-order valence-electron chi connectivity index (χ1n) is 11.8. The van der Waals surface area contributed by atoms with Gasteiger partial charge in [0.2, 0.25) is 0 Å². The number of piperidine rings is 1. The maximum Gasteiger partial charge on any atom is 0.289 e. The van der Waals surface area contributed by atoms with Crippen LogP contribution in [0.25, 0.3) is 11.3 Å². The Balaban J connectivity index is 1.28. The lowest BCUT2D eigenvalue weighted by molar-refractivity contribution is 0.0616. The molecular weight excluding hydrogens is 412 g/mol. The first-order valence-corrected chi connectivity index (χ1v) is 11.8. The summed E-state index contributed by atoms with van der Waals surface area (Å²) in [6, 6.07) is 18.3. The Bertz CT molecular complexity index is 1160. The van der Waals surface area contributed by atoms with Crippen molar-refractivity contribution in [1.82, 2.24) is 4.90 Å². The fourth-order valence-electron chi connectivity index (χ4n) is 4.99. The fraction of sp³-hybridized carbons (Fsp3) is 0.393. The molecule has 2 aromatic carbocycles. The van der Waals surface area contributed by atoms with Crippen LogP contribution in [-0.2, 0) is 17.4 Å². The Morgan fingerprint density at radius 3 is 2.42 bits per heavy atom. The molecule has 2 N–H and O–H groups in total. The highest BCUT2D eigenvalue weighted by molar-refractivity contribution is 5.92. The maximum atomic E-state index is 13.2. The van der Waals surface area contributed by atoms with E-state index in [4.69, 9.17) is 14.9 Å². The van der Waals surface area contributed by atoms with E-state index in [2.05, 4.69) is 51.1 Å². The van der Waals surface area contributed by atoms with Crippen LogP contribution in [0.5, 0.6) is 5.75 Å². The molecule has 33 heavy (non-hydrogen) atoms.